The number of anilines is 1. The number of carbonyl (C=O) groups is 3. The van der Waals surface area contributed by atoms with Crippen LogP contribution in [0.5, 0.6) is 0 Å². The van der Waals surface area contributed by atoms with Gasteiger partial charge in [-0.2, -0.15) is 4.98 Å². The molecule has 2 N–H and O–H groups in total. The van der Waals surface area contributed by atoms with Crippen LogP contribution >= 0.6 is 0 Å². The maximum atomic E-state index is 12.8. The van der Waals surface area contributed by atoms with Crippen LogP contribution in [-0.4, -0.2) is 57.5 Å². The highest BCUT2D eigenvalue weighted by Gasteiger charge is 2.52. The zero-order valence-electron chi connectivity index (χ0n) is 19.1. The lowest BCUT2D eigenvalue weighted by Gasteiger charge is -2.27. The second kappa shape index (κ2) is 10.2. The second-order valence-corrected chi connectivity index (χ2v) is 8.07. The summed E-state index contributed by atoms with van der Waals surface area (Å²) in [4.78, 5) is 59.1. The highest BCUT2D eigenvalue weighted by Crippen LogP contribution is 2.35. The molecule has 1 aromatic heterocycles. The van der Waals surface area contributed by atoms with E-state index in [4.69, 9.17) is 19.0 Å². The molecule has 0 saturated carbocycles. The van der Waals surface area contributed by atoms with Gasteiger partial charge in [0.05, 0.1) is 23.7 Å². The van der Waals surface area contributed by atoms with Gasteiger partial charge in [-0.25, -0.2) is 24.7 Å². The van der Waals surface area contributed by atoms with Crippen LogP contribution in [0.25, 0.3) is 0 Å². The monoisotopic (exact) mass is 487 g/mol. The van der Waals surface area contributed by atoms with Crippen LogP contribution in [0.2, 0.25) is 0 Å². The first-order chi connectivity index (χ1) is 16.9. The third-order valence-corrected chi connectivity index (χ3v) is 6.00. The first-order valence-electron chi connectivity index (χ1n) is 11.2. The van der Waals surface area contributed by atoms with E-state index >= 15 is 0 Å². The SMILES string of the molecule is CCC(CC)C(=O)ONc1ccn([C@@H]2O[C@H](CO)[C@H]3OC(=O)c4ccccc4C(=O)O[C@H]32)c(=O)n1. The van der Waals surface area contributed by atoms with E-state index in [2.05, 4.69) is 10.5 Å². The Bertz CT molecular complexity index is 1180. The number of carbonyl (C=O) groups excluding carboxylic acids is 3. The quantitative estimate of drug-likeness (QED) is 0.329. The van der Waals surface area contributed by atoms with Crippen LogP contribution in [0.15, 0.2) is 41.3 Å². The number of nitrogens with one attached hydrogen (secondary N) is 1. The number of aliphatic hydroxyl groups is 1. The third kappa shape index (κ3) is 4.75. The van der Waals surface area contributed by atoms with Crippen molar-refractivity contribution in [2.75, 3.05) is 12.1 Å². The number of ether oxygens (including phenoxy) is 3. The highest BCUT2D eigenvalue weighted by molar-refractivity contribution is 6.03. The molecule has 1 aromatic carbocycles. The Balaban J connectivity index is 1.58. The summed E-state index contributed by atoms with van der Waals surface area (Å²) in [7, 11) is 0. The molecule has 2 aliphatic heterocycles. The molecule has 0 aliphatic carbocycles. The van der Waals surface area contributed by atoms with E-state index in [0.717, 1.165) is 4.57 Å². The summed E-state index contributed by atoms with van der Waals surface area (Å²) in [5, 5.41) is 9.78. The zero-order valence-corrected chi connectivity index (χ0v) is 19.1. The standard InChI is InChI=1S/C23H25N3O9/c1-3-12(4-2)20(28)35-25-16-9-10-26(23(31)24-16)19-18-17(15(11-27)32-19)33-21(29)13-7-5-6-8-14(13)22(30)34-18/h5-10,12,15,17-19,27H,3-4,11H2,1-2H3,(H,24,25,31)/t15-,17-,18-,19-/m1/s1. The second-order valence-electron chi connectivity index (χ2n) is 8.07. The van der Waals surface area contributed by atoms with E-state index in [1.165, 1.54) is 24.4 Å². The number of nitrogens with zero attached hydrogens (tertiary/aromatic N) is 2. The molecule has 3 heterocycles. The van der Waals surface area contributed by atoms with Crippen molar-refractivity contribution in [2.45, 2.75) is 51.2 Å². The van der Waals surface area contributed by atoms with Crippen LogP contribution in [0, 0.1) is 5.92 Å². The molecule has 0 radical (unpaired) electrons. The normalized spacial score (nSPS) is 23.4. The van der Waals surface area contributed by atoms with E-state index in [0.29, 0.717) is 12.8 Å². The molecular weight excluding hydrogens is 462 g/mol. The zero-order chi connectivity index (χ0) is 25.1. The molecule has 0 spiro atoms. The molecule has 0 bridgehead atoms. The van der Waals surface area contributed by atoms with Gasteiger partial charge in [0, 0.05) is 12.3 Å². The van der Waals surface area contributed by atoms with Crippen LogP contribution in [0.3, 0.4) is 0 Å². The van der Waals surface area contributed by atoms with E-state index < -0.39 is 54.7 Å². The van der Waals surface area contributed by atoms with Crippen molar-refractivity contribution >= 4 is 23.7 Å². The maximum absolute atomic E-state index is 12.8. The number of aliphatic hydroxyl groups excluding tert-OH is 1. The van der Waals surface area contributed by atoms with E-state index in [-0.39, 0.29) is 22.9 Å². The Kier molecular flexibility index (Phi) is 7.12. The van der Waals surface area contributed by atoms with E-state index in [1.54, 1.807) is 12.1 Å². The van der Waals surface area contributed by atoms with Crippen molar-refractivity contribution in [3.05, 3.63) is 58.1 Å². The summed E-state index contributed by atoms with van der Waals surface area (Å²) in [6.45, 7) is 3.17. The van der Waals surface area contributed by atoms with Crippen molar-refractivity contribution < 1.29 is 38.5 Å². The van der Waals surface area contributed by atoms with Crippen molar-refractivity contribution in [1.29, 1.82) is 0 Å². The molecular formula is C23H25N3O9. The van der Waals surface area contributed by atoms with Gasteiger partial charge in [0.2, 0.25) is 0 Å². The van der Waals surface area contributed by atoms with Crippen LogP contribution in [0.4, 0.5) is 5.82 Å². The predicted octanol–water partition coefficient (Wildman–Crippen LogP) is 1.20. The highest BCUT2D eigenvalue weighted by atomic mass is 16.7. The lowest BCUT2D eigenvalue weighted by molar-refractivity contribution is -0.145. The van der Waals surface area contributed by atoms with Gasteiger partial charge in [0.1, 0.15) is 6.10 Å². The fourth-order valence-electron chi connectivity index (χ4n) is 4.03. The number of hydrogen-bond acceptors (Lipinski definition) is 11. The molecule has 2 aromatic rings. The number of rotatable bonds is 7. The molecule has 186 valence electrons. The largest absolute Gasteiger partial charge is 0.452 e. The van der Waals surface area contributed by atoms with Gasteiger partial charge >= 0.3 is 23.6 Å². The average Bonchev–Trinajstić information content (AvgIpc) is 3.18. The summed E-state index contributed by atoms with van der Waals surface area (Å²) in [5.41, 5.74) is 1.57. The summed E-state index contributed by atoms with van der Waals surface area (Å²) < 4.78 is 17.9. The molecule has 35 heavy (non-hydrogen) atoms. The molecule has 0 amide bonds. The van der Waals surface area contributed by atoms with Gasteiger partial charge in [-0.3, -0.25) is 4.57 Å². The average molecular weight is 487 g/mol. The van der Waals surface area contributed by atoms with Crippen molar-refractivity contribution in [3.8, 4) is 0 Å². The van der Waals surface area contributed by atoms with Gasteiger partial charge < -0.3 is 24.2 Å². The minimum atomic E-state index is -1.24. The molecule has 0 unspecified atom stereocenters. The predicted molar refractivity (Wildman–Crippen MR) is 118 cm³/mol. The number of fused-ring (bicyclic) bond motifs is 2. The summed E-state index contributed by atoms with van der Waals surface area (Å²) in [6.07, 6.45) is -2.19. The number of aromatic nitrogens is 2. The van der Waals surface area contributed by atoms with Gasteiger partial charge in [0.25, 0.3) is 0 Å². The van der Waals surface area contributed by atoms with E-state index in [9.17, 15) is 24.3 Å². The number of esters is 2. The minimum Gasteiger partial charge on any atom is -0.452 e. The fourth-order valence-corrected chi connectivity index (χ4v) is 4.03. The molecule has 2 aliphatic rings. The molecule has 4 atom stereocenters. The molecule has 4 rings (SSSR count). The Labute approximate surface area is 199 Å². The summed E-state index contributed by atoms with van der Waals surface area (Å²) in [6, 6.07) is 7.36. The fraction of sp³-hybridized carbons (Fsp3) is 0.435. The molecule has 12 nitrogen and oxygen atoms in total. The smallest absolute Gasteiger partial charge is 0.351 e. The van der Waals surface area contributed by atoms with Crippen LogP contribution in [0.1, 0.15) is 53.6 Å². The van der Waals surface area contributed by atoms with E-state index in [1.807, 2.05) is 13.8 Å². The Hall–Kier alpha value is -3.77. The Morgan fingerprint density at radius 3 is 2.29 bits per heavy atom. The molecule has 12 heteroatoms. The minimum absolute atomic E-state index is 0.00597. The van der Waals surface area contributed by atoms with Crippen molar-refractivity contribution in [1.82, 2.24) is 9.55 Å². The van der Waals surface area contributed by atoms with Crippen LogP contribution in [-0.2, 0) is 23.8 Å². The lowest BCUT2D eigenvalue weighted by atomic mass is 10.0. The van der Waals surface area contributed by atoms with Gasteiger partial charge in [-0.05, 0) is 25.0 Å². The maximum Gasteiger partial charge on any atom is 0.351 e. The first-order valence-corrected chi connectivity index (χ1v) is 11.2. The summed E-state index contributed by atoms with van der Waals surface area (Å²) in [5.74, 6) is -2.36. The topological polar surface area (TPSA) is 155 Å². The van der Waals surface area contributed by atoms with Crippen molar-refractivity contribution in [2.24, 2.45) is 5.92 Å². The Morgan fingerprint density at radius 2 is 1.71 bits per heavy atom. The molecule has 1 saturated heterocycles. The number of hydrogen-bond donors (Lipinski definition) is 2. The molecule has 1 fully saturated rings. The Morgan fingerprint density at radius 1 is 1.09 bits per heavy atom. The lowest BCUT2D eigenvalue weighted by Crippen LogP contribution is -2.43. The third-order valence-electron chi connectivity index (χ3n) is 6.00. The van der Waals surface area contributed by atoms with Crippen molar-refractivity contribution in [3.63, 3.8) is 0 Å². The number of benzene rings is 1. The van der Waals surface area contributed by atoms with Gasteiger partial charge in [0.15, 0.2) is 24.3 Å². The van der Waals surface area contributed by atoms with Gasteiger partial charge in [-0.15, -0.1) is 0 Å². The summed E-state index contributed by atoms with van der Waals surface area (Å²) >= 11 is 0. The first kappa shape index (κ1) is 24.4. The van der Waals surface area contributed by atoms with Gasteiger partial charge in [-0.1, -0.05) is 26.0 Å². The van der Waals surface area contributed by atoms with Crippen LogP contribution < -0.4 is 11.2 Å².